The van der Waals surface area contributed by atoms with Crippen LogP contribution < -0.4 is 9.47 Å². The molecule has 1 aromatic rings. The van der Waals surface area contributed by atoms with Gasteiger partial charge in [-0.15, -0.1) is 0 Å². The molecule has 84 valence electrons. The summed E-state index contributed by atoms with van der Waals surface area (Å²) >= 11 is 3.52. The standard InChI is InChI=1S/C12H11BrO3/c1-6-4-7-8(11(6)14)5-9-12(10(7)13)16-3-2-15-9/h5-6H,2-4H2,1H3. The third-order valence-corrected chi connectivity index (χ3v) is 3.94. The minimum Gasteiger partial charge on any atom is -0.486 e. The SMILES string of the molecule is CC1Cc2c(cc3c(c2Br)OCCO3)C1=O. The van der Waals surface area contributed by atoms with E-state index in [2.05, 4.69) is 15.9 Å². The largest absolute Gasteiger partial charge is 0.486 e. The first-order chi connectivity index (χ1) is 7.68. The molecule has 1 heterocycles. The van der Waals surface area contributed by atoms with Gasteiger partial charge in [0.15, 0.2) is 17.3 Å². The molecule has 0 spiro atoms. The van der Waals surface area contributed by atoms with Crippen molar-refractivity contribution in [2.45, 2.75) is 13.3 Å². The van der Waals surface area contributed by atoms with Crippen molar-refractivity contribution in [3.63, 3.8) is 0 Å². The molecular weight excluding hydrogens is 272 g/mol. The molecule has 0 fully saturated rings. The Hall–Kier alpha value is -1.03. The zero-order valence-corrected chi connectivity index (χ0v) is 10.5. The molecule has 1 aliphatic heterocycles. The molecule has 1 unspecified atom stereocenters. The van der Waals surface area contributed by atoms with E-state index in [1.54, 1.807) is 0 Å². The molecule has 0 saturated heterocycles. The normalized spacial score (nSPS) is 22.1. The second kappa shape index (κ2) is 3.48. The Balaban J connectivity index is 2.21. The summed E-state index contributed by atoms with van der Waals surface area (Å²) in [5.41, 5.74) is 1.84. The first-order valence-electron chi connectivity index (χ1n) is 5.33. The van der Waals surface area contributed by atoms with Gasteiger partial charge >= 0.3 is 0 Å². The van der Waals surface area contributed by atoms with Crippen LogP contribution in [0, 0.1) is 5.92 Å². The Labute approximate surface area is 102 Å². The van der Waals surface area contributed by atoms with Gasteiger partial charge in [0, 0.05) is 11.5 Å². The lowest BCUT2D eigenvalue weighted by molar-refractivity contribution is 0.0945. The Morgan fingerprint density at radius 2 is 2.12 bits per heavy atom. The molecule has 0 amide bonds. The van der Waals surface area contributed by atoms with Crippen LogP contribution in [-0.4, -0.2) is 19.0 Å². The molecule has 0 aromatic heterocycles. The number of hydrogen-bond donors (Lipinski definition) is 0. The summed E-state index contributed by atoms with van der Waals surface area (Å²) in [5, 5.41) is 0. The van der Waals surface area contributed by atoms with Crippen molar-refractivity contribution in [2.75, 3.05) is 13.2 Å². The monoisotopic (exact) mass is 282 g/mol. The van der Waals surface area contributed by atoms with E-state index < -0.39 is 0 Å². The van der Waals surface area contributed by atoms with Gasteiger partial charge in [0.05, 0.1) is 4.47 Å². The van der Waals surface area contributed by atoms with E-state index in [1.165, 1.54) is 0 Å². The van der Waals surface area contributed by atoms with E-state index in [9.17, 15) is 4.79 Å². The predicted octanol–water partition coefficient (Wildman–Crippen LogP) is 2.60. The average Bonchev–Trinajstić information content (AvgIpc) is 2.58. The summed E-state index contributed by atoms with van der Waals surface area (Å²) in [6.07, 6.45) is 0.783. The molecule has 0 N–H and O–H groups in total. The molecule has 0 bridgehead atoms. The van der Waals surface area contributed by atoms with Crippen LogP contribution in [-0.2, 0) is 6.42 Å². The summed E-state index contributed by atoms with van der Waals surface area (Å²) in [7, 11) is 0. The lowest BCUT2D eigenvalue weighted by atomic mass is 10.1. The fourth-order valence-corrected chi connectivity index (χ4v) is 2.95. The Morgan fingerprint density at radius 3 is 2.94 bits per heavy atom. The molecule has 1 aromatic carbocycles. The van der Waals surface area contributed by atoms with Crippen LogP contribution in [0.1, 0.15) is 22.8 Å². The third kappa shape index (κ3) is 1.29. The highest BCUT2D eigenvalue weighted by atomic mass is 79.9. The second-order valence-corrected chi connectivity index (χ2v) is 5.00. The van der Waals surface area contributed by atoms with Crippen LogP contribution in [0.5, 0.6) is 11.5 Å². The highest BCUT2D eigenvalue weighted by molar-refractivity contribution is 9.10. The Bertz CT molecular complexity index is 482. The van der Waals surface area contributed by atoms with Crippen LogP contribution in [0.25, 0.3) is 0 Å². The van der Waals surface area contributed by atoms with Crippen molar-refractivity contribution in [1.82, 2.24) is 0 Å². The topological polar surface area (TPSA) is 35.5 Å². The highest BCUT2D eigenvalue weighted by Crippen LogP contribution is 2.45. The Kier molecular flexibility index (Phi) is 2.21. The minimum atomic E-state index is 0.0650. The van der Waals surface area contributed by atoms with Crippen LogP contribution >= 0.6 is 15.9 Å². The summed E-state index contributed by atoms with van der Waals surface area (Å²) in [6, 6.07) is 1.82. The maximum atomic E-state index is 11.9. The molecule has 0 radical (unpaired) electrons. The summed E-state index contributed by atoms with van der Waals surface area (Å²) in [4.78, 5) is 11.9. The number of hydrogen-bond acceptors (Lipinski definition) is 3. The number of fused-ring (bicyclic) bond motifs is 2. The first-order valence-corrected chi connectivity index (χ1v) is 6.13. The van der Waals surface area contributed by atoms with Gasteiger partial charge in [0.25, 0.3) is 0 Å². The van der Waals surface area contributed by atoms with E-state index in [-0.39, 0.29) is 11.7 Å². The summed E-state index contributed by atoms with van der Waals surface area (Å²) < 4.78 is 12.0. The minimum absolute atomic E-state index is 0.0650. The summed E-state index contributed by atoms with van der Waals surface area (Å²) in [5.74, 6) is 1.69. The number of halogens is 1. The van der Waals surface area contributed by atoms with E-state index >= 15 is 0 Å². The number of rotatable bonds is 0. The number of benzene rings is 1. The number of Topliss-reactive ketones (excluding diaryl/α,β-unsaturated/α-hetero) is 1. The quantitative estimate of drug-likeness (QED) is 0.734. The smallest absolute Gasteiger partial charge is 0.175 e. The Morgan fingerprint density at radius 1 is 1.38 bits per heavy atom. The zero-order chi connectivity index (χ0) is 11.3. The van der Waals surface area contributed by atoms with Crippen LogP contribution in [0.15, 0.2) is 10.5 Å². The summed E-state index contributed by atoms with van der Waals surface area (Å²) in [6.45, 7) is 3.06. The van der Waals surface area contributed by atoms with Crippen molar-refractivity contribution in [2.24, 2.45) is 5.92 Å². The van der Waals surface area contributed by atoms with Crippen molar-refractivity contribution in [3.05, 3.63) is 21.7 Å². The lowest BCUT2D eigenvalue weighted by Crippen LogP contribution is -2.16. The predicted molar refractivity (Wildman–Crippen MR) is 62.3 cm³/mol. The molecule has 4 heteroatoms. The van der Waals surface area contributed by atoms with E-state index in [0.717, 1.165) is 27.8 Å². The van der Waals surface area contributed by atoms with Crippen LogP contribution in [0.3, 0.4) is 0 Å². The molecule has 3 nitrogen and oxygen atoms in total. The van der Waals surface area contributed by atoms with E-state index in [0.29, 0.717) is 19.0 Å². The highest BCUT2D eigenvalue weighted by Gasteiger charge is 2.32. The molecular formula is C12H11BrO3. The van der Waals surface area contributed by atoms with Crippen molar-refractivity contribution >= 4 is 21.7 Å². The van der Waals surface area contributed by atoms with Gasteiger partial charge in [-0.1, -0.05) is 6.92 Å². The number of carbonyl (C=O) groups is 1. The van der Waals surface area contributed by atoms with Crippen LogP contribution in [0.4, 0.5) is 0 Å². The molecule has 2 aliphatic rings. The van der Waals surface area contributed by atoms with Gasteiger partial charge < -0.3 is 9.47 Å². The number of carbonyl (C=O) groups excluding carboxylic acids is 1. The molecule has 16 heavy (non-hydrogen) atoms. The molecule has 1 atom stereocenters. The van der Waals surface area contributed by atoms with Crippen LogP contribution in [0.2, 0.25) is 0 Å². The molecule has 0 saturated carbocycles. The van der Waals surface area contributed by atoms with Crippen molar-refractivity contribution < 1.29 is 14.3 Å². The van der Waals surface area contributed by atoms with Crippen molar-refractivity contribution in [3.8, 4) is 11.5 Å². The van der Waals surface area contributed by atoms with E-state index in [1.807, 2.05) is 13.0 Å². The van der Waals surface area contributed by atoms with Gasteiger partial charge in [0.1, 0.15) is 13.2 Å². The van der Waals surface area contributed by atoms with Gasteiger partial charge in [0.2, 0.25) is 0 Å². The fourth-order valence-electron chi connectivity index (χ4n) is 2.27. The maximum absolute atomic E-state index is 11.9. The first kappa shape index (κ1) is 10.1. The third-order valence-electron chi connectivity index (χ3n) is 3.10. The number of ketones is 1. The van der Waals surface area contributed by atoms with Crippen molar-refractivity contribution in [1.29, 1.82) is 0 Å². The van der Waals surface area contributed by atoms with Gasteiger partial charge in [-0.2, -0.15) is 0 Å². The second-order valence-electron chi connectivity index (χ2n) is 4.21. The fraction of sp³-hybridized carbons (Fsp3) is 0.417. The lowest BCUT2D eigenvalue weighted by Gasteiger charge is -2.21. The van der Waals surface area contributed by atoms with Gasteiger partial charge in [-0.3, -0.25) is 4.79 Å². The zero-order valence-electron chi connectivity index (χ0n) is 8.88. The average molecular weight is 283 g/mol. The maximum Gasteiger partial charge on any atom is 0.175 e. The number of ether oxygens (including phenoxy) is 2. The molecule has 3 rings (SSSR count). The molecule has 1 aliphatic carbocycles. The van der Waals surface area contributed by atoms with E-state index in [4.69, 9.17) is 9.47 Å². The van der Waals surface area contributed by atoms with Gasteiger partial charge in [-0.25, -0.2) is 0 Å². The van der Waals surface area contributed by atoms with Gasteiger partial charge in [-0.05, 0) is 34.0 Å².